The van der Waals surface area contributed by atoms with Crippen molar-refractivity contribution in [3.63, 3.8) is 0 Å². The highest BCUT2D eigenvalue weighted by atomic mass is 127. The van der Waals surface area contributed by atoms with Gasteiger partial charge in [-0.1, -0.05) is 0 Å². The molecule has 4 aromatic rings. The Bertz CT molecular complexity index is 1280. The molecule has 0 N–H and O–H groups in total. The molecule has 0 radical (unpaired) electrons. The fourth-order valence-corrected chi connectivity index (χ4v) is 4.38. The maximum atomic E-state index is 13.4. The van der Waals surface area contributed by atoms with Crippen molar-refractivity contribution in [2.75, 3.05) is 0 Å². The van der Waals surface area contributed by atoms with Crippen molar-refractivity contribution < 1.29 is 35.2 Å². The molecule has 0 aliphatic carbocycles. The Labute approximate surface area is 216 Å². The Kier molecular flexibility index (Phi) is 6.50. The average molecular weight is 704 g/mol. The van der Waals surface area contributed by atoms with Gasteiger partial charge in [0.05, 0.1) is 11.1 Å². The Balaban J connectivity index is 1.93. The van der Waals surface area contributed by atoms with Crippen LogP contribution in [-0.4, -0.2) is 9.97 Å². The molecule has 0 atom stereocenters. The van der Waals surface area contributed by atoms with Crippen LogP contribution in [0.5, 0.6) is 0 Å². The Hall–Kier alpha value is -2.10. The van der Waals surface area contributed by atoms with Crippen LogP contribution in [0.15, 0.2) is 45.2 Å². The van der Waals surface area contributed by atoms with Gasteiger partial charge in [-0.05, 0) is 61.4 Å². The lowest BCUT2D eigenvalue weighted by Crippen LogP contribution is -2.05. The normalized spacial score (nSPS) is 12.4. The number of aryl methyl sites for hydroxylation is 2. The molecule has 0 saturated carbocycles. The summed E-state index contributed by atoms with van der Waals surface area (Å²) in [5.74, 6) is -0.0767. The smallest absolute Gasteiger partial charge is 0.416 e. The Morgan fingerprint density at radius 3 is 1.29 bits per heavy atom. The van der Waals surface area contributed by atoms with E-state index in [1.165, 1.54) is 26.0 Å². The molecule has 2 aromatic carbocycles. The van der Waals surface area contributed by atoms with E-state index < -0.39 is 23.5 Å². The largest absolute Gasteiger partial charge is 0.428 e. The van der Waals surface area contributed by atoms with E-state index in [4.69, 9.17) is 8.83 Å². The summed E-state index contributed by atoms with van der Waals surface area (Å²) in [7, 11) is 0. The van der Waals surface area contributed by atoms with Crippen LogP contribution in [0.2, 0.25) is 0 Å². The lowest BCUT2D eigenvalue weighted by Gasteiger charge is -2.11. The monoisotopic (exact) mass is 704 g/mol. The van der Waals surface area contributed by atoms with E-state index in [0.717, 1.165) is 24.3 Å². The van der Waals surface area contributed by atoms with Crippen LogP contribution < -0.4 is 0 Å². The van der Waals surface area contributed by atoms with E-state index in [1.54, 1.807) is 45.2 Å². The molecule has 0 saturated heterocycles. The van der Waals surface area contributed by atoms with Crippen molar-refractivity contribution in [2.45, 2.75) is 26.2 Å². The topological polar surface area (TPSA) is 52.1 Å². The van der Waals surface area contributed by atoms with Crippen LogP contribution in [0.4, 0.5) is 26.3 Å². The highest BCUT2D eigenvalue weighted by Gasteiger charge is 2.34. The van der Waals surface area contributed by atoms with Gasteiger partial charge in [-0.3, -0.25) is 0 Å². The van der Waals surface area contributed by atoms with Gasteiger partial charge in [0, 0.05) is 56.3 Å². The SMILES string of the molecule is Cc1cc(-c2nc(I)oc2-c2oc(I)nc2-c2cc(C)cc(C(F)(F)F)c2)cc(C(F)(F)F)c1. The van der Waals surface area contributed by atoms with E-state index in [1.807, 2.05) is 0 Å². The molecule has 0 unspecified atom stereocenters. The molecule has 2 heterocycles. The molecule has 178 valence electrons. The minimum Gasteiger partial charge on any atom is -0.428 e. The number of aromatic nitrogens is 2. The van der Waals surface area contributed by atoms with Gasteiger partial charge in [0.1, 0.15) is 11.4 Å². The zero-order chi connectivity index (χ0) is 25.0. The van der Waals surface area contributed by atoms with Gasteiger partial charge >= 0.3 is 12.4 Å². The summed E-state index contributed by atoms with van der Waals surface area (Å²) < 4.78 is 91.8. The maximum absolute atomic E-state index is 13.4. The van der Waals surface area contributed by atoms with Crippen molar-refractivity contribution >= 4 is 45.2 Å². The van der Waals surface area contributed by atoms with Gasteiger partial charge in [0.15, 0.2) is 0 Å². The second-order valence-corrected chi connectivity index (χ2v) is 9.31. The molecule has 0 spiro atoms. The van der Waals surface area contributed by atoms with Crippen LogP contribution in [0, 0.1) is 21.6 Å². The number of oxazole rings is 2. The summed E-state index contributed by atoms with van der Waals surface area (Å²) in [6.07, 6.45) is -9.17. The summed E-state index contributed by atoms with van der Waals surface area (Å²) in [5, 5.41) is 0. The molecule has 0 aliphatic rings. The highest BCUT2D eigenvalue weighted by molar-refractivity contribution is 14.1. The first kappa shape index (κ1) is 25.0. The minimum atomic E-state index is -4.58. The van der Waals surface area contributed by atoms with E-state index in [-0.39, 0.29) is 41.8 Å². The fraction of sp³-hybridized carbons (Fsp3) is 0.182. The van der Waals surface area contributed by atoms with Gasteiger partial charge in [-0.25, -0.2) is 9.97 Å². The second kappa shape index (κ2) is 8.84. The standard InChI is InChI=1S/C22H12F6I2N2O2/c1-9-3-11(7-13(5-9)21(23,24)25)15-17(33-19(29)31-15)18-16(32-20(30)34-18)12-4-10(2)6-14(8-12)22(26,27)28/h3-8H,1-2H3. The van der Waals surface area contributed by atoms with Crippen LogP contribution in [0.1, 0.15) is 22.3 Å². The van der Waals surface area contributed by atoms with Crippen LogP contribution in [0.25, 0.3) is 34.0 Å². The van der Waals surface area contributed by atoms with Crippen LogP contribution in [-0.2, 0) is 12.4 Å². The molecule has 4 nitrogen and oxygen atoms in total. The first-order valence-corrected chi connectivity index (χ1v) is 11.6. The summed E-state index contributed by atoms with van der Waals surface area (Å²) in [4.78, 5) is 8.44. The van der Waals surface area contributed by atoms with E-state index in [9.17, 15) is 26.3 Å². The third kappa shape index (κ3) is 5.11. The van der Waals surface area contributed by atoms with Crippen molar-refractivity contribution in [1.82, 2.24) is 9.97 Å². The van der Waals surface area contributed by atoms with Crippen molar-refractivity contribution in [3.8, 4) is 34.0 Å². The molecule has 0 fully saturated rings. The van der Waals surface area contributed by atoms with E-state index in [0.29, 0.717) is 11.1 Å². The molecule has 4 rings (SSSR count). The molecule has 34 heavy (non-hydrogen) atoms. The third-order valence-electron chi connectivity index (χ3n) is 4.76. The molecular formula is C22H12F6I2N2O2. The van der Waals surface area contributed by atoms with E-state index >= 15 is 0 Å². The Morgan fingerprint density at radius 2 is 0.971 bits per heavy atom. The first-order valence-electron chi connectivity index (χ1n) is 9.44. The third-order valence-corrected chi connectivity index (χ3v) is 5.69. The molecule has 0 bridgehead atoms. The van der Waals surface area contributed by atoms with Crippen LogP contribution >= 0.6 is 45.2 Å². The molecule has 0 amide bonds. The van der Waals surface area contributed by atoms with Crippen molar-refractivity contribution in [1.29, 1.82) is 0 Å². The predicted octanol–water partition coefficient (Wildman–Crippen LogP) is 8.53. The summed E-state index contributed by atoms with van der Waals surface area (Å²) >= 11 is 3.51. The van der Waals surface area contributed by atoms with Gasteiger partial charge in [-0.15, -0.1) is 0 Å². The Morgan fingerprint density at radius 1 is 0.618 bits per heavy atom. The lowest BCUT2D eigenvalue weighted by molar-refractivity contribution is -0.138. The number of alkyl halides is 6. The molecular weight excluding hydrogens is 692 g/mol. The highest BCUT2D eigenvalue weighted by Crippen LogP contribution is 2.42. The summed E-state index contributed by atoms with van der Waals surface area (Å²) in [5.41, 5.74) is -0.714. The maximum Gasteiger partial charge on any atom is 0.416 e. The zero-order valence-electron chi connectivity index (χ0n) is 17.2. The predicted molar refractivity (Wildman–Crippen MR) is 128 cm³/mol. The summed E-state index contributed by atoms with van der Waals surface area (Å²) in [6, 6.07) is 6.87. The number of hydrogen-bond acceptors (Lipinski definition) is 4. The first-order chi connectivity index (χ1) is 15.7. The number of rotatable bonds is 3. The quantitative estimate of drug-likeness (QED) is 0.159. The molecule has 0 aliphatic heterocycles. The van der Waals surface area contributed by atoms with Crippen molar-refractivity contribution in [2.24, 2.45) is 0 Å². The molecule has 2 aromatic heterocycles. The second-order valence-electron chi connectivity index (χ2n) is 7.46. The molecule has 12 heteroatoms. The zero-order valence-corrected chi connectivity index (χ0v) is 21.5. The number of nitrogens with zero attached hydrogens (tertiary/aromatic N) is 2. The average Bonchev–Trinajstić information content (AvgIpc) is 3.28. The fourth-order valence-electron chi connectivity index (χ4n) is 3.45. The lowest BCUT2D eigenvalue weighted by atomic mass is 10.00. The van der Waals surface area contributed by atoms with Gasteiger partial charge in [0.25, 0.3) is 7.79 Å². The number of halogens is 8. The van der Waals surface area contributed by atoms with Gasteiger partial charge in [0.2, 0.25) is 11.5 Å². The minimum absolute atomic E-state index is 0.0383. The summed E-state index contributed by atoms with van der Waals surface area (Å²) in [6.45, 7) is 3.02. The van der Waals surface area contributed by atoms with Gasteiger partial charge < -0.3 is 8.83 Å². The van der Waals surface area contributed by atoms with E-state index in [2.05, 4.69) is 9.97 Å². The van der Waals surface area contributed by atoms with Crippen molar-refractivity contribution in [3.05, 3.63) is 66.4 Å². The number of hydrogen-bond donors (Lipinski definition) is 0. The number of benzene rings is 2. The van der Waals surface area contributed by atoms with Crippen LogP contribution in [0.3, 0.4) is 0 Å². The van der Waals surface area contributed by atoms with Gasteiger partial charge in [-0.2, -0.15) is 26.3 Å².